The number of rotatable bonds is 6. The minimum absolute atomic E-state index is 0.0596. The van der Waals surface area contributed by atoms with Gasteiger partial charge in [-0.2, -0.15) is 4.31 Å². The van der Waals surface area contributed by atoms with Crippen molar-refractivity contribution < 1.29 is 17.9 Å². The van der Waals surface area contributed by atoms with Gasteiger partial charge >= 0.3 is 0 Å². The predicted molar refractivity (Wildman–Crippen MR) is 133 cm³/mol. The summed E-state index contributed by atoms with van der Waals surface area (Å²) in [4.78, 5) is 17.9. The van der Waals surface area contributed by atoms with Gasteiger partial charge in [-0.25, -0.2) is 8.42 Å². The summed E-state index contributed by atoms with van der Waals surface area (Å²) in [5.74, 6) is 1.49. The molecule has 0 unspecified atom stereocenters. The van der Waals surface area contributed by atoms with Crippen molar-refractivity contribution >= 4 is 27.3 Å². The molecule has 4 fully saturated rings. The molecule has 0 radical (unpaired) electrons. The number of morpholine rings is 1. The SMILES string of the molecule is O=C(CN1CC[C@@H]2CCCC[C@@H]2C1)Nc1cc(S(=O)(=O)N2CCOCC2)ccc1N1CCCC1. The van der Waals surface area contributed by atoms with Gasteiger partial charge in [-0.1, -0.05) is 19.3 Å². The molecule has 1 aromatic rings. The van der Waals surface area contributed by atoms with E-state index in [0.717, 1.165) is 56.5 Å². The minimum atomic E-state index is -3.63. The molecular formula is C25H38N4O4S. The second-order valence-electron chi connectivity index (χ2n) is 10.3. The fourth-order valence-electron chi connectivity index (χ4n) is 6.16. The molecule has 188 valence electrons. The summed E-state index contributed by atoms with van der Waals surface area (Å²) in [7, 11) is -3.63. The van der Waals surface area contributed by atoms with Crippen LogP contribution in [0, 0.1) is 11.8 Å². The number of likely N-dealkylation sites (tertiary alicyclic amines) is 1. The monoisotopic (exact) mass is 490 g/mol. The quantitative estimate of drug-likeness (QED) is 0.660. The summed E-state index contributed by atoms with van der Waals surface area (Å²) in [6.45, 7) is 5.72. The number of sulfonamides is 1. The van der Waals surface area contributed by atoms with Crippen LogP contribution < -0.4 is 10.2 Å². The number of anilines is 2. The maximum atomic E-state index is 13.2. The lowest BCUT2D eigenvalue weighted by molar-refractivity contribution is -0.118. The van der Waals surface area contributed by atoms with Crippen LogP contribution in [0.15, 0.2) is 23.1 Å². The lowest BCUT2D eigenvalue weighted by atomic mass is 9.75. The van der Waals surface area contributed by atoms with Crippen LogP contribution >= 0.6 is 0 Å². The first-order valence-electron chi connectivity index (χ1n) is 13.0. The van der Waals surface area contributed by atoms with Gasteiger partial charge in [0.2, 0.25) is 15.9 Å². The third-order valence-electron chi connectivity index (χ3n) is 8.04. The zero-order chi connectivity index (χ0) is 23.5. The van der Waals surface area contributed by atoms with Crippen molar-refractivity contribution in [1.82, 2.24) is 9.21 Å². The van der Waals surface area contributed by atoms with Crippen LogP contribution in [0.1, 0.15) is 44.9 Å². The molecule has 4 aliphatic rings. The summed E-state index contributed by atoms with van der Waals surface area (Å²) >= 11 is 0. The molecular weight excluding hydrogens is 452 g/mol. The van der Waals surface area contributed by atoms with Crippen molar-refractivity contribution in [2.45, 2.75) is 49.8 Å². The van der Waals surface area contributed by atoms with Gasteiger partial charge in [0, 0.05) is 32.7 Å². The maximum absolute atomic E-state index is 13.2. The van der Waals surface area contributed by atoms with E-state index in [0.29, 0.717) is 38.5 Å². The summed E-state index contributed by atoms with van der Waals surface area (Å²) in [6.07, 6.45) is 8.69. The number of nitrogens with one attached hydrogen (secondary N) is 1. The molecule has 0 bridgehead atoms. The van der Waals surface area contributed by atoms with Gasteiger partial charge < -0.3 is 15.0 Å². The maximum Gasteiger partial charge on any atom is 0.243 e. The molecule has 1 saturated carbocycles. The second kappa shape index (κ2) is 10.5. The van der Waals surface area contributed by atoms with Crippen LogP contribution in [0.5, 0.6) is 0 Å². The number of amides is 1. The van der Waals surface area contributed by atoms with Crippen LogP contribution in [0.4, 0.5) is 11.4 Å². The van der Waals surface area contributed by atoms with E-state index >= 15 is 0 Å². The van der Waals surface area contributed by atoms with Gasteiger partial charge in [0.15, 0.2) is 0 Å². The second-order valence-corrected chi connectivity index (χ2v) is 12.2. The van der Waals surface area contributed by atoms with Crippen molar-refractivity contribution in [2.75, 3.05) is 69.2 Å². The van der Waals surface area contributed by atoms with Crippen LogP contribution in [-0.4, -0.2) is 82.6 Å². The van der Waals surface area contributed by atoms with Gasteiger partial charge in [-0.3, -0.25) is 9.69 Å². The molecule has 1 N–H and O–H groups in total. The summed E-state index contributed by atoms with van der Waals surface area (Å²) < 4.78 is 33.3. The summed E-state index contributed by atoms with van der Waals surface area (Å²) in [5, 5.41) is 3.09. The number of hydrogen-bond acceptors (Lipinski definition) is 6. The largest absolute Gasteiger partial charge is 0.379 e. The van der Waals surface area contributed by atoms with Gasteiger partial charge in [-0.05, 0) is 62.3 Å². The van der Waals surface area contributed by atoms with Gasteiger partial charge in [0.05, 0.1) is 36.0 Å². The van der Waals surface area contributed by atoms with Crippen molar-refractivity contribution in [3.8, 4) is 0 Å². The molecule has 3 saturated heterocycles. The van der Waals surface area contributed by atoms with Crippen LogP contribution in [-0.2, 0) is 19.6 Å². The number of piperidine rings is 1. The number of nitrogens with zero attached hydrogens (tertiary/aromatic N) is 3. The average molecular weight is 491 g/mol. The third-order valence-corrected chi connectivity index (χ3v) is 9.93. The van der Waals surface area contributed by atoms with Crippen LogP contribution in [0.3, 0.4) is 0 Å². The van der Waals surface area contributed by atoms with Crippen molar-refractivity contribution in [3.63, 3.8) is 0 Å². The molecule has 8 nitrogen and oxygen atoms in total. The summed E-state index contributed by atoms with van der Waals surface area (Å²) in [5.41, 5.74) is 1.52. The molecule has 3 heterocycles. The van der Waals surface area contributed by atoms with E-state index in [4.69, 9.17) is 4.74 Å². The molecule has 1 amide bonds. The molecule has 3 aliphatic heterocycles. The molecule has 34 heavy (non-hydrogen) atoms. The average Bonchev–Trinajstić information content (AvgIpc) is 3.39. The topological polar surface area (TPSA) is 82.2 Å². The Kier molecular flexibility index (Phi) is 7.44. The van der Waals surface area contributed by atoms with E-state index in [9.17, 15) is 13.2 Å². The van der Waals surface area contributed by atoms with Crippen LogP contribution in [0.2, 0.25) is 0 Å². The molecule has 1 aromatic carbocycles. The van der Waals surface area contributed by atoms with Crippen molar-refractivity contribution in [2.24, 2.45) is 11.8 Å². The first kappa shape index (κ1) is 24.0. The van der Waals surface area contributed by atoms with Crippen molar-refractivity contribution in [3.05, 3.63) is 18.2 Å². The van der Waals surface area contributed by atoms with Gasteiger partial charge in [0.25, 0.3) is 0 Å². The van der Waals surface area contributed by atoms with Crippen LogP contribution in [0.25, 0.3) is 0 Å². The molecule has 0 aromatic heterocycles. The number of carbonyl (C=O) groups is 1. The predicted octanol–water partition coefficient (Wildman–Crippen LogP) is 2.76. The normalized spacial score (nSPS) is 26.9. The third kappa shape index (κ3) is 5.27. The Hall–Kier alpha value is -1.68. The Morgan fingerprint density at radius 1 is 0.941 bits per heavy atom. The molecule has 2 atom stereocenters. The van der Waals surface area contributed by atoms with E-state index in [1.807, 2.05) is 6.07 Å². The highest BCUT2D eigenvalue weighted by molar-refractivity contribution is 7.89. The zero-order valence-corrected chi connectivity index (χ0v) is 20.9. The first-order chi connectivity index (χ1) is 16.5. The number of hydrogen-bond donors (Lipinski definition) is 1. The standard InChI is InChI=1S/C25H38N4O4S/c30-25(19-27-12-9-20-5-1-2-6-21(20)18-27)26-23-17-22(7-8-24(23)28-10-3-4-11-28)34(31,32)29-13-15-33-16-14-29/h7-8,17,20-21H,1-6,9-16,18-19H2,(H,26,30)/t20-,21+/m0/s1. The lowest BCUT2D eigenvalue weighted by Crippen LogP contribution is -2.45. The lowest BCUT2D eigenvalue weighted by Gasteiger charge is -2.41. The van der Waals surface area contributed by atoms with Crippen molar-refractivity contribution in [1.29, 1.82) is 0 Å². The van der Waals surface area contributed by atoms with E-state index in [2.05, 4.69) is 15.1 Å². The van der Waals surface area contributed by atoms with Gasteiger partial charge in [-0.15, -0.1) is 0 Å². The molecule has 1 aliphatic carbocycles. The Bertz CT molecular complexity index is 973. The Labute approximate surface area is 203 Å². The van der Waals surface area contributed by atoms with E-state index < -0.39 is 10.0 Å². The zero-order valence-electron chi connectivity index (χ0n) is 20.1. The fourth-order valence-corrected chi connectivity index (χ4v) is 7.59. The van der Waals surface area contributed by atoms with E-state index in [1.54, 1.807) is 12.1 Å². The minimum Gasteiger partial charge on any atom is -0.379 e. The smallest absolute Gasteiger partial charge is 0.243 e. The highest BCUT2D eigenvalue weighted by Gasteiger charge is 2.32. The molecule has 5 rings (SSSR count). The Morgan fingerprint density at radius 3 is 2.44 bits per heavy atom. The number of benzene rings is 1. The van der Waals surface area contributed by atoms with Gasteiger partial charge in [0.1, 0.15) is 0 Å². The fraction of sp³-hybridized carbons (Fsp3) is 0.720. The van der Waals surface area contributed by atoms with E-state index in [1.165, 1.54) is 36.4 Å². The number of fused-ring (bicyclic) bond motifs is 1. The Balaban J connectivity index is 1.32. The highest BCUT2D eigenvalue weighted by atomic mass is 32.2. The first-order valence-corrected chi connectivity index (χ1v) is 14.4. The summed E-state index contributed by atoms with van der Waals surface area (Å²) in [6, 6.07) is 5.20. The molecule has 9 heteroatoms. The molecule has 0 spiro atoms. The van der Waals surface area contributed by atoms with E-state index in [-0.39, 0.29) is 10.8 Å². The number of carbonyl (C=O) groups excluding carboxylic acids is 1. The highest BCUT2D eigenvalue weighted by Crippen LogP contribution is 2.36. The number of ether oxygens (including phenoxy) is 1. The Morgan fingerprint density at radius 2 is 1.68 bits per heavy atom.